The number of ether oxygens (including phenoxy) is 1. The fourth-order valence-corrected chi connectivity index (χ4v) is 4.04. The number of rotatable bonds is 6. The van der Waals surface area contributed by atoms with Crippen LogP contribution in [0.1, 0.15) is 16.7 Å². The van der Waals surface area contributed by atoms with E-state index in [4.69, 9.17) is 4.74 Å². The highest BCUT2D eigenvalue weighted by molar-refractivity contribution is 7.21. The van der Waals surface area contributed by atoms with Gasteiger partial charge in [0.2, 0.25) is 5.13 Å². The fraction of sp³-hybridized carbons (Fsp3) is 0.120. The maximum Gasteiger partial charge on any atom is 0.280 e. The van der Waals surface area contributed by atoms with E-state index in [0.29, 0.717) is 22.1 Å². The number of aliphatic hydroxyl groups excluding tert-OH is 1. The van der Waals surface area contributed by atoms with Crippen LogP contribution in [-0.4, -0.2) is 23.1 Å². The van der Waals surface area contributed by atoms with E-state index in [9.17, 15) is 9.90 Å². The summed E-state index contributed by atoms with van der Waals surface area (Å²) in [5.74, 6) is -0.135. The number of carbonyl (C=O) groups is 1. The Balaban J connectivity index is 1.70. The lowest BCUT2D eigenvalue weighted by molar-refractivity contribution is -0.112. The molecule has 4 rings (SSSR count). The Kier molecular flexibility index (Phi) is 6.46. The van der Waals surface area contributed by atoms with Crippen LogP contribution >= 0.6 is 11.3 Å². The minimum Gasteiger partial charge on any atom is -0.505 e. The van der Waals surface area contributed by atoms with Crippen LogP contribution in [-0.2, 0) is 4.79 Å². The summed E-state index contributed by atoms with van der Waals surface area (Å²) in [7, 11) is 1.60. The van der Waals surface area contributed by atoms with Crippen molar-refractivity contribution in [1.82, 2.24) is 4.98 Å². The van der Waals surface area contributed by atoms with Crippen LogP contribution < -0.4 is 10.1 Å². The van der Waals surface area contributed by atoms with Crippen molar-refractivity contribution in [2.24, 2.45) is 10.2 Å². The van der Waals surface area contributed by atoms with Crippen LogP contribution in [0.2, 0.25) is 0 Å². The van der Waals surface area contributed by atoms with Gasteiger partial charge in [0.25, 0.3) is 5.91 Å². The van der Waals surface area contributed by atoms with Crippen molar-refractivity contribution in [1.29, 1.82) is 0 Å². The van der Waals surface area contributed by atoms with E-state index in [2.05, 4.69) is 20.5 Å². The normalized spacial score (nSPS) is 12.1. The summed E-state index contributed by atoms with van der Waals surface area (Å²) in [4.78, 5) is 17.6. The molecule has 0 aliphatic heterocycles. The third-order valence-electron chi connectivity index (χ3n) is 4.94. The number of nitrogens with one attached hydrogen (secondary N) is 1. The summed E-state index contributed by atoms with van der Waals surface area (Å²) in [6, 6.07) is 19.9. The van der Waals surface area contributed by atoms with Gasteiger partial charge in [-0.1, -0.05) is 59.4 Å². The number of aryl methyl sites for hydroxylation is 2. The zero-order chi connectivity index (χ0) is 23.4. The van der Waals surface area contributed by atoms with Gasteiger partial charge in [-0.2, -0.15) is 0 Å². The molecule has 0 fully saturated rings. The first-order valence-electron chi connectivity index (χ1n) is 10.2. The third-order valence-corrected chi connectivity index (χ3v) is 5.84. The van der Waals surface area contributed by atoms with Crippen molar-refractivity contribution in [3.8, 4) is 5.75 Å². The van der Waals surface area contributed by atoms with Gasteiger partial charge in [-0.05, 0) is 43.7 Å². The van der Waals surface area contributed by atoms with Gasteiger partial charge in [0.05, 0.1) is 17.3 Å². The number of anilines is 1. The SMILES string of the molecule is COc1ccc2nc(N=N/C(C(=O)Nc3ccc(C)cc3C)=C(\O)c3ccccc3)sc2c1. The maximum atomic E-state index is 13.1. The topological polar surface area (TPSA) is 96.2 Å². The molecular weight excluding hydrogens is 436 g/mol. The monoisotopic (exact) mass is 458 g/mol. The van der Waals surface area contributed by atoms with Crippen LogP contribution in [0.5, 0.6) is 5.75 Å². The molecule has 4 aromatic rings. The van der Waals surface area contributed by atoms with Gasteiger partial charge in [0.1, 0.15) is 5.75 Å². The number of azo groups is 1. The van der Waals surface area contributed by atoms with Gasteiger partial charge in [-0.15, -0.1) is 10.2 Å². The second-order valence-corrected chi connectivity index (χ2v) is 8.37. The Bertz CT molecular complexity index is 1380. The predicted octanol–water partition coefficient (Wildman–Crippen LogP) is 6.57. The molecule has 0 aliphatic carbocycles. The van der Waals surface area contributed by atoms with E-state index >= 15 is 0 Å². The summed E-state index contributed by atoms with van der Waals surface area (Å²) in [5.41, 5.74) is 3.60. The van der Waals surface area contributed by atoms with Crippen molar-refractivity contribution in [3.05, 3.63) is 89.1 Å². The summed E-state index contributed by atoms with van der Waals surface area (Å²) < 4.78 is 6.12. The van der Waals surface area contributed by atoms with Crippen LogP contribution in [0.15, 0.2) is 82.7 Å². The maximum absolute atomic E-state index is 13.1. The fourth-order valence-electron chi connectivity index (χ4n) is 3.22. The molecule has 1 amide bonds. The molecule has 33 heavy (non-hydrogen) atoms. The van der Waals surface area contributed by atoms with E-state index in [1.807, 2.05) is 56.3 Å². The third kappa shape index (κ3) is 5.07. The summed E-state index contributed by atoms with van der Waals surface area (Å²) >= 11 is 1.31. The van der Waals surface area contributed by atoms with Crippen LogP contribution in [0.25, 0.3) is 16.0 Å². The molecule has 0 radical (unpaired) electrons. The Morgan fingerprint density at radius 3 is 2.58 bits per heavy atom. The lowest BCUT2D eigenvalue weighted by Gasteiger charge is -2.10. The molecule has 0 saturated heterocycles. The number of amides is 1. The quantitative estimate of drug-likeness (QED) is 0.194. The van der Waals surface area contributed by atoms with E-state index in [-0.39, 0.29) is 11.5 Å². The molecule has 0 atom stereocenters. The first-order chi connectivity index (χ1) is 15.9. The summed E-state index contributed by atoms with van der Waals surface area (Å²) in [5, 5.41) is 22.3. The number of nitrogens with zero attached hydrogens (tertiary/aromatic N) is 3. The number of hydrogen-bond donors (Lipinski definition) is 2. The Morgan fingerprint density at radius 2 is 1.85 bits per heavy atom. The zero-order valence-electron chi connectivity index (χ0n) is 18.4. The number of carbonyl (C=O) groups excluding carboxylic acids is 1. The van der Waals surface area contributed by atoms with Gasteiger partial charge in [0.15, 0.2) is 11.5 Å². The smallest absolute Gasteiger partial charge is 0.280 e. The first kappa shape index (κ1) is 22.2. The number of hydrogen-bond acceptors (Lipinski definition) is 7. The molecule has 0 aliphatic rings. The lowest BCUT2D eigenvalue weighted by Crippen LogP contribution is -2.15. The molecule has 1 heterocycles. The van der Waals surface area contributed by atoms with Gasteiger partial charge in [-0.3, -0.25) is 4.79 Å². The lowest BCUT2D eigenvalue weighted by atomic mass is 10.1. The van der Waals surface area contributed by atoms with Crippen molar-refractivity contribution in [3.63, 3.8) is 0 Å². The molecule has 2 N–H and O–H groups in total. The largest absolute Gasteiger partial charge is 0.505 e. The van der Waals surface area contributed by atoms with E-state index in [1.165, 1.54) is 11.3 Å². The van der Waals surface area contributed by atoms with Gasteiger partial charge < -0.3 is 15.2 Å². The van der Waals surface area contributed by atoms with Crippen LogP contribution in [0.3, 0.4) is 0 Å². The molecule has 0 saturated carbocycles. The standard InChI is InChI=1S/C25H22N4O3S/c1-15-9-11-19(16(2)13-15)26-24(31)22(23(30)17-7-5-4-6-8-17)28-29-25-27-20-12-10-18(32-3)14-21(20)33-25/h4-14,30H,1-3H3,(H,26,31)/b23-22-,29-28?. The number of aromatic nitrogens is 1. The molecule has 3 aromatic carbocycles. The minimum absolute atomic E-state index is 0.210. The van der Waals surface area contributed by atoms with Crippen molar-refractivity contribution in [2.75, 3.05) is 12.4 Å². The molecule has 0 bridgehead atoms. The molecule has 7 nitrogen and oxygen atoms in total. The zero-order valence-corrected chi connectivity index (χ0v) is 19.2. The average Bonchev–Trinajstić information content (AvgIpc) is 3.23. The number of aliphatic hydroxyl groups is 1. The van der Waals surface area contributed by atoms with Crippen LogP contribution in [0.4, 0.5) is 10.8 Å². The van der Waals surface area contributed by atoms with Crippen molar-refractivity contribution < 1.29 is 14.6 Å². The highest BCUT2D eigenvalue weighted by Crippen LogP contribution is 2.32. The van der Waals surface area contributed by atoms with Crippen molar-refractivity contribution in [2.45, 2.75) is 13.8 Å². The molecule has 0 spiro atoms. The van der Waals surface area contributed by atoms with Gasteiger partial charge >= 0.3 is 0 Å². The second-order valence-electron chi connectivity index (χ2n) is 7.37. The summed E-state index contributed by atoms with van der Waals surface area (Å²) in [6.45, 7) is 3.88. The second kappa shape index (κ2) is 9.62. The number of fused-ring (bicyclic) bond motifs is 1. The number of methoxy groups -OCH3 is 1. The van der Waals surface area contributed by atoms with Crippen molar-refractivity contribution >= 4 is 44.0 Å². The highest BCUT2D eigenvalue weighted by atomic mass is 32.1. The number of benzene rings is 3. The predicted molar refractivity (Wildman–Crippen MR) is 131 cm³/mol. The van der Waals surface area contributed by atoms with E-state index in [0.717, 1.165) is 21.3 Å². The molecular formula is C25H22N4O3S. The Morgan fingerprint density at radius 1 is 1.06 bits per heavy atom. The molecule has 0 unspecified atom stereocenters. The summed E-state index contributed by atoms with van der Waals surface area (Å²) in [6.07, 6.45) is 0. The van der Waals surface area contributed by atoms with Crippen LogP contribution in [0, 0.1) is 13.8 Å². The van der Waals surface area contributed by atoms with E-state index in [1.54, 1.807) is 31.4 Å². The minimum atomic E-state index is -0.574. The van der Waals surface area contributed by atoms with E-state index < -0.39 is 5.91 Å². The van der Waals surface area contributed by atoms with Gasteiger partial charge in [-0.25, -0.2) is 4.98 Å². The molecule has 166 valence electrons. The Labute approximate surface area is 195 Å². The van der Waals surface area contributed by atoms with Gasteiger partial charge in [0, 0.05) is 11.3 Å². The average molecular weight is 459 g/mol. The number of thiazole rings is 1. The first-order valence-corrected chi connectivity index (χ1v) is 11.0. The Hall–Kier alpha value is -4.04. The molecule has 8 heteroatoms. The highest BCUT2D eigenvalue weighted by Gasteiger charge is 2.18. The molecule has 1 aromatic heterocycles.